The fourth-order valence-electron chi connectivity index (χ4n) is 4.19. The van der Waals surface area contributed by atoms with Crippen LogP contribution in [0.2, 0.25) is 0 Å². The Morgan fingerprint density at radius 1 is 1.06 bits per heavy atom. The topological polar surface area (TPSA) is 86.5 Å². The molecular weight excluding hydrogens is 400 g/mol. The van der Waals surface area contributed by atoms with Crippen molar-refractivity contribution in [2.45, 2.75) is 0 Å². The molecular formula is C25H26N6O. The first-order valence-electron chi connectivity index (χ1n) is 10.7. The Balaban J connectivity index is 1.50. The van der Waals surface area contributed by atoms with E-state index in [0.29, 0.717) is 17.0 Å². The van der Waals surface area contributed by atoms with Crippen molar-refractivity contribution in [1.29, 1.82) is 0 Å². The highest BCUT2D eigenvalue weighted by Gasteiger charge is 2.28. The highest BCUT2D eigenvalue weighted by molar-refractivity contribution is 6.37. The molecule has 162 valence electrons. The summed E-state index contributed by atoms with van der Waals surface area (Å²) >= 11 is 0. The average molecular weight is 427 g/mol. The predicted molar refractivity (Wildman–Crippen MR) is 130 cm³/mol. The van der Waals surface area contributed by atoms with E-state index in [0.717, 1.165) is 48.7 Å². The van der Waals surface area contributed by atoms with Gasteiger partial charge < -0.3 is 26.2 Å². The van der Waals surface area contributed by atoms with Gasteiger partial charge in [-0.25, -0.2) is 0 Å². The normalized spacial score (nSPS) is 17.7. The second-order valence-electron chi connectivity index (χ2n) is 8.21. The van der Waals surface area contributed by atoms with Crippen molar-refractivity contribution < 1.29 is 4.79 Å². The Morgan fingerprint density at radius 3 is 2.56 bits per heavy atom. The van der Waals surface area contributed by atoms with Crippen molar-refractivity contribution in [3.8, 4) is 0 Å². The fourth-order valence-corrected chi connectivity index (χ4v) is 4.19. The maximum atomic E-state index is 13.0. The van der Waals surface area contributed by atoms with E-state index in [1.54, 1.807) is 18.5 Å². The molecule has 1 fully saturated rings. The zero-order valence-corrected chi connectivity index (χ0v) is 18.0. The van der Waals surface area contributed by atoms with Gasteiger partial charge in [0.1, 0.15) is 0 Å². The molecule has 1 amide bonds. The lowest BCUT2D eigenvalue weighted by Crippen LogP contribution is -2.44. The summed E-state index contributed by atoms with van der Waals surface area (Å²) in [4.78, 5) is 22.0. The summed E-state index contributed by atoms with van der Waals surface area (Å²) in [6, 6.07) is 17.7. The minimum Gasteiger partial charge on any atom is -0.399 e. The Labute approximate surface area is 187 Å². The molecule has 0 bridgehead atoms. The molecule has 3 heterocycles. The molecule has 5 rings (SSSR count). The van der Waals surface area contributed by atoms with Gasteiger partial charge in [0.05, 0.1) is 17.0 Å². The number of carbonyl (C=O) groups excluding carboxylic acids is 1. The number of aromatic nitrogens is 1. The van der Waals surface area contributed by atoms with Gasteiger partial charge in [0.2, 0.25) is 0 Å². The number of fused-ring (bicyclic) bond motifs is 1. The van der Waals surface area contributed by atoms with Crippen molar-refractivity contribution in [3.05, 3.63) is 78.1 Å². The first kappa shape index (κ1) is 20.1. The van der Waals surface area contributed by atoms with Crippen molar-refractivity contribution in [1.82, 2.24) is 9.88 Å². The fraction of sp³-hybridized carbons (Fsp3) is 0.200. The number of piperazine rings is 1. The number of hydrogen-bond donors (Lipinski definition) is 3. The third kappa shape index (κ3) is 3.90. The minimum atomic E-state index is -0.161. The summed E-state index contributed by atoms with van der Waals surface area (Å²) in [5, 5.41) is 6.41. The van der Waals surface area contributed by atoms with Crippen LogP contribution in [0.1, 0.15) is 11.1 Å². The number of nitrogens with one attached hydrogen (secondary N) is 2. The number of benzene rings is 2. The zero-order chi connectivity index (χ0) is 22.1. The molecule has 0 aliphatic carbocycles. The number of nitrogen functional groups attached to an aromatic ring is 1. The van der Waals surface area contributed by atoms with Gasteiger partial charge in [0, 0.05) is 66.8 Å². The Bertz CT molecular complexity index is 1160. The third-order valence-corrected chi connectivity index (χ3v) is 5.99. The van der Waals surface area contributed by atoms with Gasteiger partial charge in [-0.15, -0.1) is 0 Å². The summed E-state index contributed by atoms with van der Waals surface area (Å²) in [6.45, 7) is 4.18. The molecule has 7 nitrogen and oxygen atoms in total. The van der Waals surface area contributed by atoms with Crippen LogP contribution in [0, 0.1) is 0 Å². The largest absolute Gasteiger partial charge is 0.399 e. The monoisotopic (exact) mass is 426 g/mol. The lowest BCUT2D eigenvalue weighted by Gasteiger charge is -2.34. The van der Waals surface area contributed by atoms with Crippen molar-refractivity contribution in [2.75, 3.05) is 54.5 Å². The first-order chi connectivity index (χ1) is 15.6. The molecule has 2 aromatic carbocycles. The van der Waals surface area contributed by atoms with Crippen molar-refractivity contribution in [2.24, 2.45) is 0 Å². The predicted octanol–water partition coefficient (Wildman–Crippen LogP) is 3.35. The van der Waals surface area contributed by atoms with E-state index in [1.807, 2.05) is 24.3 Å². The average Bonchev–Trinajstić information content (AvgIpc) is 3.13. The minimum absolute atomic E-state index is 0.161. The van der Waals surface area contributed by atoms with Gasteiger partial charge in [0.15, 0.2) is 0 Å². The Morgan fingerprint density at radius 2 is 1.84 bits per heavy atom. The van der Waals surface area contributed by atoms with Crippen LogP contribution in [-0.4, -0.2) is 49.0 Å². The maximum absolute atomic E-state index is 13.0. The molecule has 0 spiro atoms. The number of rotatable bonds is 4. The highest BCUT2D eigenvalue weighted by atomic mass is 16.2. The zero-order valence-electron chi connectivity index (χ0n) is 18.0. The number of hydrogen-bond acceptors (Lipinski definition) is 6. The second-order valence-corrected chi connectivity index (χ2v) is 8.21. The molecule has 0 saturated carbocycles. The summed E-state index contributed by atoms with van der Waals surface area (Å²) in [5.74, 6) is -0.161. The number of anilines is 4. The molecule has 0 unspecified atom stereocenters. The van der Waals surface area contributed by atoms with Crippen LogP contribution in [-0.2, 0) is 4.79 Å². The summed E-state index contributed by atoms with van der Waals surface area (Å²) in [6.07, 6.45) is 3.48. The molecule has 2 aliphatic heterocycles. The van der Waals surface area contributed by atoms with E-state index < -0.39 is 0 Å². The van der Waals surface area contributed by atoms with Gasteiger partial charge in [-0.3, -0.25) is 9.78 Å². The first-order valence-corrected chi connectivity index (χ1v) is 10.7. The highest BCUT2D eigenvalue weighted by Crippen LogP contribution is 2.38. The van der Waals surface area contributed by atoms with Gasteiger partial charge >= 0.3 is 0 Å². The Kier molecular flexibility index (Phi) is 5.25. The van der Waals surface area contributed by atoms with Crippen LogP contribution in [0.15, 0.2) is 67.0 Å². The van der Waals surface area contributed by atoms with Gasteiger partial charge in [-0.05, 0) is 61.6 Å². The molecule has 1 aromatic heterocycles. The molecule has 2 aliphatic rings. The number of nitrogens with two attached hydrogens (primary N) is 1. The van der Waals surface area contributed by atoms with E-state index in [1.165, 1.54) is 5.69 Å². The van der Waals surface area contributed by atoms with Crippen LogP contribution in [0.25, 0.3) is 11.3 Å². The van der Waals surface area contributed by atoms with Crippen LogP contribution < -0.4 is 21.3 Å². The lowest BCUT2D eigenvalue weighted by molar-refractivity contribution is -0.110. The third-order valence-electron chi connectivity index (χ3n) is 5.99. The van der Waals surface area contributed by atoms with E-state index in [2.05, 4.69) is 56.7 Å². The van der Waals surface area contributed by atoms with Crippen LogP contribution in [0.4, 0.5) is 22.7 Å². The molecule has 3 aromatic rings. The lowest BCUT2D eigenvalue weighted by atomic mass is 10.0. The summed E-state index contributed by atoms with van der Waals surface area (Å²) < 4.78 is 0. The van der Waals surface area contributed by atoms with Gasteiger partial charge in [-0.2, -0.15) is 0 Å². The maximum Gasteiger partial charge on any atom is 0.258 e. The van der Waals surface area contributed by atoms with Gasteiger partial charge in [0.25, 0.3) is 5.91 Å². The molecule has 0 radical (unpaired) electrons. The number of pyridine rings is 1. The molecule has 0 atom stereocenters. The summed E-state index contributed by atoms with van der Waals surface area (Å²) in [5.41, 5.74) is 12.3. The van der Waals surface area contributed by atoms with Crippen LogP contribution in [0.3, 0.4) is 0 Å². The number of amides is 1. The second kappa shape index (κ2) is 8.36. The Hall–Kier alpha value is -3.84. The number of carbonyl (C=O) groups is 1. The standard InChI is InChI=1S/C25H26N6O/c1-30-11-13-31(14-12-30)20-7-5-19(6-8-20)28-24(17-3-2-10-27-16-17)23-21-9-4-18(26)15-22(21)29-25(23)32/h2-10,15-16,28H,11-14,26H2,1H3,(H,29,32)/b24-23-. The van der Waals surface area contributed by atoms with E-state index in [9.17, 15) is 4.79 Å². The van der Waals surface area contributed by atoms with E-state index in [-0.39, 0.29) is 5.91 Å². The van der Waals surface area contributed by atoms with Gasteiger partial charge in [-0.1, -0.05) is 0 Å². The smallest absolute Gasteiger partial charge is 0.258 e. The van der Waals surface area contributed by atoms with Crippen molar-refractivity contribution >= 4 is 39.9 Å². The van der Waals surface area contributed by atoms with Crippen LogP contribution >= 0.6 is 0 Å². The SMILES string of the molecule is CN1CCN(c2ccc(N/C(=C3\C(=O)Nc4cc(N)ccc43)c3cccnc3)cc2)CC1. The summed E-state index contributed by atoms with van der Waals surface area (Å²) in [7, 11) is 2.16. The van der Waals surface area contributed by atoms with Crippen LogP contribution in [0.5, 0.6) is 0 Å². The van der Waals surface area contributed by atoms with E-state index in [4.69, 9.17) is 5.73 Å². The van der Waals surface area contributed by atoms with E-state index >= 15 is 0 Å². The quantitative estimate of drug-likeness (QED) is 0.438. The molecule has 4 N–H and O–H groups in total. The molecule has 1 saturated heterocycles. The van der Waals surface area contributed by atoms with Crippen molar-refractivity contribution in [3.63, 3.8) is 0 Å². The molecule has 32 heavy (non-hydrogen) atoms. The molecule has 7 heteroatoms. The number of likely N-dealkylation sites (N-methyl/N-ethyl adjacent to an activating group) is 1. The number of nitrogens with zero attached hydrogens (tertiary/aromatic N) is 3.